The number of nitrogens with zero attached hydrogens (tertiary/aromatic N) is 7. The van der Waals surface area contributed by atoms with E-state index in [9.17, 15) is 121 Å². The topological polar surface area (TPSA) is 394 Å². The van der Waals surface area contributed by atoms with Crippen molar-refractivity contribution in [1.82, 2.24) is 49.1 Å². The Morgan fingerprint density at radius 1 is 0.333 bits per heavy atom. The summed E-state index contributed by atoms with van der Waals surface area (Å²) in [5, 5.41) is 7.40. The number of carbonyl (C=O) groups excluding carboxylic acids is 8. The van der Waals surface area contributed by atoms with E-state index >= 15 is 0 Å². The summed E-state index contributed by atoms with van der Waals surface area (Å²) in [6, 6.07) is 3.50. The van der Waals surface area contributed by atoms with Crippen molar-refractivity contribution in [3.8, 4) is 0 Å². The van der Waals surface area contributed by atoms with Gasteiger partial charge >= 0.3 is 0 Å². The van der Waals surface area contributed by atoms with Gasteiger partial charge < -0.3 is 69.1 Å². The highest BCUT2D eigenvalue weighted by Gasteiger charge is 2.53. The van der Waals surface area contributed by atoms with Crippen molar-refractivity contribution in [2.24, 2.45) is 58.3 Å². The van der Waals surface area contributed by atoms with E-state index in [0.717, 1.165) is 98.8 Å². The zero-order valence-corrected chi connectivity index (χ0v) is 83.5. The molecule has 10 saturated heterocycles. The lowest BCUT2D eigenvalue weighted by atomic mass is 9.82. The Bertz CT molecular complexity index is 5560. The Labute approximate surface area is 829 Å². The Morgan fingerprint density at radius 2 is 0.562 bits per heavy atom. The molecular formula is C100H132F15N15O12S2. The van der Waals surface area contributed by atoms with Crippen LogP contribution in [0.15, 0.2) is 60.7 Å². The van der Waals surface area contributed by atoms with Crippen LogP contribution in [0.4, 0.5) is 65.9 Å². The van der Waals surface area contributed by atoms with E-state index in [4.69, 9.17) is 28.7 Å². The predicted molar refractivity (Wildman–Crippen MR) is 504 cm³/mol. The molecule has 5 aromatic rings. The first-order valence-electron chi connectivity index (χ1n) is 49.4. The van der Waals surface area contributed by atoms with Crippen molar-refractivity contribution < 1.29 is 121 Å². The molecule has 144 heavy (non-hydrogen) atoms. The Hall–Kier alpha value is -9.57. The van der Waals surface area contributed by atoms with Crippen LogP contribution in [0.25, 0.3) is 0 Å². The Kier molecular flexibility index (Phi) is 37.8. The third-order valence-electron chi connectivity index (χ3n) is 30.9. The van der Waals surface area contributed by atoms with E-state index in [0.29, 0.717) is 107 Å². The number of sulfonamides is 2. The maximum Gasteiger partial charge on any atom is 0.245 e. The van der Waals surface area contributed by atoms with Crippen LogP contribution in [0.5, 0.6) is 0 Å². The lowest BCUT2D eigenvalue weighted by Gasteiger charge is -2.42. The van der Waals surface area contributed by atoms with Crippen molar-refractivity contribution in [2.45, 2.75) is 323 Å². The highest BCUT2D eigenvalue weighted by molar-refractivity contribution is 7.90. The maximum absolute atomic E-state index is 14.0. The summed E-state index contributed by atoms with van der Waals surface area (Å²) in [7, 11) is -3.87. The van der Waals surface area contributed by atoms with Crippen LogP contribution in [0.2, 0.25) is 0 Å². The molecule has 13 N–H and O–H groups in total. The second kappa shape index (κ2) is 48.2. The number of likely N-dealkylation sites (N-methyl/N-ethyl adjacent to an activating group) is 2. The van der Waals surface area contributed by atoms with Gasteiger partial charge in [-0.05, 0) is 275 Å². The molecule has 11 aliphatic rings. The molecule has 11 fully saturated rings. The second-order valence-corrected chi connectivity index (χ2v) is 45.5. The standard InChI is InChI=1S/C21H28F3N3O3S.3C20H26F3N3O2.C19H26F3N3O3S/c1-26(31(29,30)16-4-5-16)11-21(28)27-14-2-3-15(27)7-13(6-14)20(25)9-12-8-18(23)19(24)10-17(12)22;1-11(27)25(2)10-20(28)26-14-3-4-15(26)6-13(5-14)19(24)8-12-7-17(22)18(23)9-16(12)21;2*1-10(25-11(2)27)20(28)26-14-3-4-15(26)6-13(5-14)19(24)8-12-7-17(22)18(23)9-16(12)21;1-11(26)24-4-5-29(27,28)25-14-2-3-15(25)7-13(6-14)19(23)9-12-8-17(21)18(22)10-16(12)20/h8,10,13-16,20H,2-7,9,11,25H2,1H3;7,9,13-15,19H,3-6,8,10,24H2,1-2H3;2*7,9-10,13-15,19H,3-6,8,24H2,1-2H3,(H,25,27);8,10,13-15,19H,2-7,9,23H2,1H3,(H,24,26)/t13?,14?,15?,20-;13?,14?,15?,19-;10-,13?,14?,15?,19+;10-,13?,14?,15?,19-;13?,14?,15?,19-/m11011/s1. The fourth-order valence-electron chi connectivity index (χ4n) is 23.5. The number of nitrogens with one attached hydrogen (secondary N) is 3. The first-order chi connectivity index (χ1) is 67.7. The summed E-state index contributed by atoms with van der Waals surface area (Å²) in [6.07, 6.45) is 16.6. The zero-order valence-electron chi connectivity index (χ0n) is 81.9. The SMILES string of the molecule is CC(=O)N(C)CC(=O)N1C2CCC1CC([C@H](N)Cc1cc(F)c(F)cc1F)C2.CC(=O)NCCS(=O)(=O)N1C2CCC1CC([C@H](N)Cc1cc(F)c(F)cc1F)C2.CC(=O)N[C@@H](C)C(=O)N1C2CCC1CC([C@H](N)Cc1cc(F)c(F)cc1F)C2.CC(=O)N[C@H](C)C(=O)N1C2CCC1CC([C@H](N)Cc1cc(F)c(F)cc1F)C2.CN(CC(=O)N1C2CCC1CC([C@H](N)Cc1cc(F)c(F)cc1F)C2)S(=O)(=O)C1CC1. The van der Waals surface area contributed by atoms with Gasteiger partial charge in [0, 0.05) is 169 Å². The highest BCUT2D eigenvalue weighted by Crippen LogP contribution is 2.47. The highest BCUT2D eigenvalue weighted by atomic mass is 32.2. The van der Waals surface area contributed by atoms with Crippen LogP contribution < -0.4 is 44.6 Å². The zero-order chi connectivity index (χ0) is 106. The van der Waals surface area contributed by atoms with E-state index in [-0.39, 0.29) is 228 Å². The lowest BCUT2D eigenvalue weighted by Crippen LogP contribution is -2.55. The fraction of sp³-hybridized carbons (Fsp3) is 0.620. The molecule has 0 aromatic heterocycles. The third-order valence-corrected chi connectivity index (χ3v) is 35.2. The summed E-state index contributed by atoms with van der Waals surface area (Å²) in [6.45, 7) is 8.80. The molecule has 0 spiro atoms. The maximum atomic E-state index is 14.0. The number of hydrogen-bond donors (Lipinski definition) is 8. The smallest absolute Gasteiger partial charge is 0.245 e. The average Bonchev–Trinajstić information content (AvgIpc) is 1.62. The van der Waals surface area contributed by atoms with Gasteiger partial charge in [0.05, 0.1) is 24.1 Å². The van der Waals surface area contributed by atoms with Crippen molar-refractivity contribution in [3.05, 3.63) is 176 Å². The van der Waals surface area contributed by atoms with Crippen molar-refractivity contribution in [1.29, 1.82) is 0 Å². The summed E-state index contributed by atoms with van der Waals surface area (Å²) in [5.74, 6) is -17.0. The number of rotatable bonds is 29. The Morgan fingerprint density at radius 3 is 0.799 bits per heavy atom. The molecule has 5 aromatic carbocycles. The number of benzene rings is 5. The van der Waals surface area contributed by atoms with Gasteiger partial charge in [0.25, 0.3) is 0 Å². The van der Waals surface area contributed by atoms with Crippen LogP contribution in [-0.2, 0) is 90.5 Å². The van der Waals surface area contributed by atoms with Gasteiger partial charge in [0.15, 0.2) is 58.2 Å². The predicted octanol–water partition coefficient (Wildman–Crippen LogP) is 10.6. The molecule has 10 bridgehead atoms. The first kappa shape index (κ1) is 113. The number of fused-ring (bicyclic) bond motifs is 10. The van der Waals surface area contributed by atoms with Crippen LogP contribution in [0.3, 0.4) is 0 Å². The molecule has 17 atom stereocenters. The van der Waals surface area contributed by atoms with E-state index in [1.807, 2.05) is 14.7 Å². The third kappa shape index (κ3) is 27.7. The molecule has 16 rings (SSSR count). The molecule has 8 amide bonds. The summed E-state index contributed by atoms with van der Waals surface area (Å²) in [5.41, 5.74) is 31.7. The average molecular weight is 2090 g/mol. The van der Waals surface area contributed by atoms with E-state index in [2.05, 4.69) is 16.0 Å². The molecule has 10 unspecified atom stereocenters. The minimum absolute atomic E-state index is 0.0157. The molecule has 0 radical (unpaired) electrons. The van der Waals surface area contributed by atoms with Gasteiger partial charge in [0.2, 0.25) is 67.3 Å². The molecule has 1 aliphatic carbocycles. The van der Waals surface area contributed by atoms with Gasteiger partial charge in [-0.25, -0.2) is 82.7 Å². The van der Waals surface area contributed by atoms with Gasteiger partial charge in [0.1, 0.15) is 41.2 Å². The number of nitrogens with two attached hydrogens (primary N) is 5. The van der Waals surface area contributed by atoms with Gasteiger partial charge in [-0.15, -0.1) is 0 Å². The van der Waals surface area contributed by atoms with Crippen LogP contribution in [-0.4, -0.2) is 245 Å². The summed E-state index contributed by atoms with van der Waals surface area (Å²) in [4.78, 5) is 105. The molecule has 10 aliphatic heterocycles. The van der Waals surface area contributed by atoms with Crippen molar-refractivity contribution in [3.63, 3.8) is 0 Å². The molecule has 10 heterocycles. The number of carbonyl (C=O) groups is 8. The quantitative estimate of drug-likeness (QED) is 0.0163. The number of halogens is 15. The van der Waals surface area contributed by atoms with Gasteiger partial charge in [-0.1, -0.05) is 0 Å². The number of hydrogen-bond acceptors (Lipinski definition) is 17. The van der Waals surface area contributed by atoms with Crippen molar-refractivity contribution in [2.75, 3.05) is 39.5 Å². The normalized spacial score (nSPS) is 26.0. The molecule has 796 valence electrons. The molecular weight excluding hydrogens is 1950 g/mol. The van der Waals surface area contributed by atoms with Crippen LogP contribution >= 0.6 is 0 Å². The number of piperidine rings is 5. The van der Waals surface area contributed by atoms with E-state index in [1.54, 1.807) is 30.1 Å². The minimum atomic E-state index is -3.51. The van der Waals surface area contributed by atoms with E-state index in [1.165, 1.54) is 39.6 Å². The summed E-state index contributed by atoms with van der Waals surface area (Å²) < 4.78 is 255. The molecule has 27 nitrogen and oxygen atoms in total. The van der Waals surface area contributed by atoms with Crippen LogP contribution in [0.1, 0.15) is 211 Å². The molecule has 44 heteroatoms. The molecule has 1 saturated carbocycles. The second-order valence-electron chi connectivity index (χ2n) is 41.2. The van der Waals surface area contributed by atoms with Crippen molar-refractivity contribution >= 4 is 67.3 Å². The minimum Gasteiger partial charge on any atom is -0.355 e. The first-order valence-corrected chi connectivity index (χ1v) is 52.5. The Balaban J connectivity index is 0.000000161. The van der Waals surface area contributed by atoms with Gasteiger partial charge in [-0.3, -0.25) is 38.4 Å². The largest absolute Gasteiger partial charge is 0.355 e. The monoisotopic (exact) mass is 2080 g/mol. The van der Waals surface area contributed by atoms with Crippen LogP contribution in [0, 0.1) is 117 Å². The lowest BCUT2D eigenvalue weighted by molar-refractivity contribution is -0.142. The van der Waals surface area contributed by atoms with E-state index < -0.39 is 150 Å². The van der Waals surface area contributed by atoms with Gasteiger partial charge in [-0.2, -0.15) is 8.61 Å². The summed E-state index contributed by atoms with van der Waals surface area (Å²) >= 11 is 0. The fourth-order valence-corrected chi connectivity index (χ4v) is 26.9. The number of amides is 8.